The Bertz CT molecular complexity index is 913. The molecule has 1 N–H and O–H groups in total. The minimum atomic E-state index is -0.593. The maximum Gasteiger partial charge on any atom is 0.348 e. The van der Waals surface area contributed by atoms with Gasteiger partial charge in [0.05, 0.1) is 25.3 Å². The SMILES string of the molecule is CCOC(=O)c1c(NC(=O)CN(CC)Cc2ccccc2)sc(C(=O)OCCOC)c1C. The van der Waals surface area contributed by atoms with Gasteiger partial charge in [0.25, 0.3) is 0 Å². The summed E-state index contributed by atoms with van der Waals surface area (Å²) in [6, 6.07) is 9.86. The topological polar surface area (TPSA) is 94.2 Å². The molecule has 1 aromatic heterocycles. The van der Waals surface area contributed by atoms with Crippen LogP contribution in [0.3, 0.4) is 0 Å². The Labute approximate surface area is 192 Å². The van der Waals surface area contributed by atoms with Crippen molar-refractivity contribution in [2.45, 2.75) is 27.3 Å². The quantitative estimate of drug-likeness (QED) is 0.381. The maximum absolute atomic E-state index is 12.8. The Morgan fingerprint density at radius 3 is 2.38 bits per heavy atom. The number of esters is 2. The first-order chi connectivity index (χ1) is 15.4. The largest absolute Gasteiger partial charge is 0.462 e. The normalized spacial score (nSPS) is 10.8. The summed E-state index contributed by atoms with van der Waals surface area (Å²) in [6.45, 7) is 7.27. The van der Waals surface area contributed by atoms with Crippen LogP contribution in [-0.2, 0) is 25.5 Å². The number of carbonyl (C=O) groups excluding carboxylic acids is 3. The van der Waals surface area contributed by atoms with E-state index in [4.69, 9.17) is 14.2 Å². The van der Waals surface area contributed by atoms with Gasteiger partial charge in [-0.3, -0.25) is 9.69 Å². The molecule has 8 nitrogen and oxygen atoms in total. The second-order valence-electron chi connectivity index (χ2n) is 6.95. The molecule has 0 fully saturated rings. The van der Waals surface area contributed by atoms with Crippen molar-refractivity contribution in [3.63, 3.8) is 0 Å². The van der Waals surface area contributed by atoms with Gasteiger partial charge in [-0.15, -0.1) is 11.3 Å². The van der Waals surface area contributed by atoms with E-state index in [1.165, 1.54) is 7.11 Å². The molecule has 0 aliphatic heterocycles. The number of carbonyl (C=O) groups is 3. The highest BCUT2D eigenvalue weighted by Crippen LogP contribution is 2.34. The highest BCUT2D eigenvalue weighted by molar-refractivity contribution is 7.18. The van der Waals surface area contributed by atoms with Crippen molar-refractivity contribution in [1.82, 2.24) is 4.90 Å². The minimum Gasteiger partial charge on any atom is -0.462 e. The van der Waals surface area contributed by atoms with Crippen molar-refractivity contribution in [3.8, 4) is 0 Å². The van der Waals surface area contributed by atoms with Gasteiger partial charge in [0.1, 0.15) is 16.5 Å². The second-order valence-corrected chi connectivity index (χ2v) is 7.97. The maximum atomic E-state index is 12.8. The molecule has 0 saturated carbocycles. The lowest BCUT2D eigenvalue weighted by Gasteiger charge is -2.19. The van der Waals surface area contributed by atoms with Gasteiger partial charge in [-0.2, -0.15) is 0 Å². The fourth-order valence-electron chi connectivity index (χ4n) is 3.02. The van der Waals surface area contributed by atoms with Crippen molar-refractivity contribution in [3.05, 3.63) is 51.9 Å². The number of rotatable bonds is 12. The molecule has 174 valence electrons. The number of benzene rings is 1. The molecule has 9 heteroatoms. The Balaban J connectivity index is 2.18. The number of hydrogen-bond acceptors (Lipinski definition) is 8. The third-order valence-corrected chi connectivity index (χ3v) is 5.84. The van der Waals surface area contributed by atoms with Gasteiger partial charge in [0, 0.05) is 13.7 Å². The van der Waals surface area contributed by atoms with Crippen LogP contribution < -0.4 is 5.32 Å². The van der Waals surface area contributed by atoms with E-state index in [2.05, 4.69) is 5.32 Å². The number of amides is 1. The first-order valence-corrected chi connectivity index (χ1v) is 11.3. The first-order valence-electron chi connectivity index (χ1n) is 10.4. The Morgan fingerprint density at radius 1 is 1.03 bits per heavy atom. The van der Waals surface area contributed by atoms with Crippen LogP contribution in [0.15, 0.2) is 30.3 Å². The lowest BCUT2D eigenvalue weighted by atomic mass is 10.1. The molecule has 1 aromatic carbocycles. The van der Waals surface area contributed by atoms with E-state index in [1.54, 1.807) is 13.8 Å². The van der Waals surface area contributed by atoms with Crippen molar-refractivity contribution < 1.29 is 28.6 Å². The van der Waals surface area contributed by atoms with Gasteiger partial charge in [0.2, 0.25) is 5.91 Å². The Kier molecular flexibility index (Phi) is 10.3. The lowest BCUT2D eigenvalue weighted by molar-refractivity contribution is -0.117. The molecule has 0 unspecified atom stereocenters. The third-order valence-electron chi connectivity index (χ3n) is 4.65. The summed E-state index contributed by atoms with van der Waals surface area (Å²) in [5.74, 6) is -1.45. The molecule has 2 aromatic rings. The molecule has 2 rings (SSSR count). The summed E-state index contributed by atoms with van der Waals surface area (Å²) in [6.07, 6.45) is 0. The summed E-state index contributed by atoms with van der Waals surface area (Å²) in [7, 11) is 1.51. The molecule has 0 saturated heterocycles. The highest BCUT2D eigenvalue weighted by atomic mass is 32.1. The van der Waals surface area contributed by atoms with E-state index in [9.17, 15) is 14.4 Å². The predicted octanol–water partition coefficient (Wildman–Crippen LogP) is 3.50. The number of methoxy groups -OCH3 is 1. The predicted molar refractivity (Wildman–Crippen MR) is 123 cm³/mol. The second kappa shape index (κ2) is 12.9. The molecule has 0 radical (unpaired) electrons. The molecular formula is C23H30N2O6S. The average molecular weight is 463 g/mol. The summed E-state index contributed by atoms with van der Waals surface area (Å²) < 4.78 is 15.2. The number of ether oxygens (including phenoxy) is 3. The molecule has 32 heavy (non-hydrogen) atoms. The van der Waals surface area contributed by atoms with Gasteiger partial charge >= 0.3 is 11.9 Å². The summed E-state index contributed by atoms with van der Waals surface area (Å²) in [5.41, 5.74) is 1.69. The molecular weight excluding hydrogens is 432 g/mol. The van der Waals surface area contributed by atoms with Gasteiger partial charge in [0.15, 0.2) is 0 Å². The fraction of sp³-hybridized carbons (Fsp3) is 0.435. The number of thiophene rings is 1. The zero-order chi connectivity index (χ0) is 23.5. The van der Waals surface area contributed by atoms with Crippen LogP contribution in [0.25, 0.3) is 0 Å². The average Bonchev–Trinajstić information content (AvgIpc) is 3.09. The van der Waals surface area contributed by atoms with Crippen LogP contribution in [-0.4, -0.2) is 62.8 Å². The van der Waals surface area contributed by atoms with Crippen molar-refractivity contribution >= 4 is 34.2 Å². The van der Waals surface area contributed by atoms with Crippen molar-refractivity contribution in [2.75, 3.05) is 45.3 Å². The van der Waals surface area contributed by atoms with Crippen LogP contribution in [0, 0.1) is 6.92 Å². The van der Waals surface area contributed by atoms with Crippen LogP contribution in [0.5, 0.6) is 0 Å². The molecule has 0 bridgehead atoms. The van der Waals surface area contributed by atoms with Crippen LogP contribution in [0.1, 0.15) is 45.0 Å². The molecule has 1 heterocycles. The molecule has 1 amide bonds. The van der Waals surface area contributed by atoms with Gasteiger partial charge in [-0.25, -0.2) is 9.59 Å². The molecule has 0 aliphatic carbocycles. The van der Waals surface area contributed by atoms with Crippen LogP contribution >= 0.6 is 11.3 Å². The number of nitrogens with one attached hydrogen (secondary N) is 1. The van der Waals surface area contributed by atoms with E-state index in [0.717, 1.165) is 16.9 Å². The zero-order valence-corrected chi connectivity index (χ0v) is 19.8. The van der Waals surface area contributed by atoms with Crippen molar-refractivity contribution in [1.29, 1.82) is 0 Å². The van der Waals surface area contributed by atoms with Gasteiger partial charge < -0.3 is 19.5 Å². The third kappa shape index (κ3) is 7.15. The van der Waals surface area contributed by atoms with E-state index in [1.807, 2.05) is 42.2 Å². The standard InChI is InChI=1S/C23H30N2O6S/c1-5-25(14-17-10-8-7-9-11-17)15-18(26)24-21-19(22(27)30-6-2)16(3)20(32-21)23(28)31-13-12-29-4/h7-11H,5-6,12-15H2,1-4H3,(H,24,26). The lowest BCUT2D eigenvalue weighted by Crippen LogP contribution is -2.32. The summed E-state index contributed by atoms with van der Waals surface area (Å²) >= 11 is 1.01. The monoisotopic (exact) mass is 462 g/mol. The highest BCUT2D eigenvalue weighted by Gasteiger charge is 2.27. The van der Waals surface area contributed by atoms with Gasteiger partial charge in [-0.1, -0.05) is 37.3 Å². The van der Waals surface area contributed by atoms with E-state index in [-0.39, 0.29) is 47.7 Å². The Hall–Kier alpha value is -2.75. The molecule has 0 atom stereocenters. The number of hydrogen-bond donors (Lipinski definition) is 1. The number of likely N-dealkylation sites (N-methyl/N-ethyl adjacent to an activating group) is 1. The van der Waals surface area contributed by atoms with Crippen molar-refractivity contribution in [2.24, 2.45) is 0 Å². The smallest absolute Gasteiger partial charge is 0.348 e. The van der Waals surface area contributed by atoms with E-state index in [0.29, 0.717) is 18.7 Å². The van der Waals surface area contributed by atoms with E-state index < -0.39 is 11.9 Å². The van der Waals surface area contributed by atoms with Crippen LogP contribution in [0.2, 0.25) is 0 Å². The van der Waals surface area contributed by atoms with Gasteiger partial charge in [-0.05, 0) is 31.5 Å². The summed E-state index contributed by atoms with van der Waals surface area (Å²) in [4.78, 5) is 40.0. The number of anilines is 1. The molecule has 0 spiro atoms. The fourth-order valence-corrected chi connectivity index (χ4v) is 4.12. The number of nitrogens with zero attached hydrogens (tertiary/aromatic N) is 1. The van der Waals surface area contributed by atoms with E-state index >= 15 is 0 Å². The minimum absolute atomic E-state index is 0.0913. The molecule has 0 aliphatic rings. The van der Waals surface area contributed by atoms with Crippen LogP contribution in [0.4, 0.5) is 5.00 Å². The zero-order valence-electron chi connectivity index (χ0n) is 18.9. The first kappa shape index (κ1) is 25.5. The Morgan fingerprint density at radius 2 is 1.75 bits per heavy atom. The summed E-state index contributed by atoms with van der Waals surface area (Å²) in [5, 5.41) is 3.07.